The van der Waals surface area contributed by atoms with Crippen molar-refractivity contribution in [1.82, 2.24) is 0 Å². The van der Waals surface area contributed by atoms with Gasteiger partial charge < -0.3 is 18.9 Å². The van der Waals surface area contributed by atoms with Crippen molar-refractivity contribution in [1.29, 1.82) is 0 Å². The Bertz CT molecular complexity index is 748. The van der Waals surface area contributed by atoms with E-state index in [4.69, 9.17) is 18.9 Å². The lowest BCUT2D eigenvalue weighted by Gasteiger charge is -2.20. The molecule has 25 heavy (non-hydrogen) atoms. The summed E-state index contributed by atoms with van der Waals surface area (Å²) < 4.78 is 22.0. The predicted molar refractivity (Wildman–Crippen MR) is 93.6 cm³/mol. The fraction of sp³-hybridized carbons (Fsp3) is 0.429. The Balaban J connectivity index is 1.44. The Hall–Kier alpha value is -2.36. The van der Waals surface area contributed by atoms with Crippen LogP contribution in [-0.2, 0) is 0 Å². The molecule has 1 aliphatic carbocycles. The zero-order valence-corrected chi connectivity index (χ0v) is 14.5. The first-order valence-corrected chi connectivity index (χ1v) is 9.00. The van der Waals surface area contributed by atoms with E-state index in [1.165, 1.54) is 11.1 Å². The van der Waals surface area contributed by atoms with Crippen molar-refractivity contribution in [3.63, 3.8) is 0 Å². The summed E-state index contributed by atoms with van der Waals surface area (Å²) >= 11 is 0. The summed E-state index contributed by atoms with van der Waals surface area (Å²) in [5.41, 5.74) is 2.71. The molecular weight excluding hydrogens is 316 g/mol. The van der Waals surface area contributed by atoms with Gasteiger partial charge in [-0.3, -0.25) is 0 Å². The SMILES string of the molecule is C[C@@H]1[C@H](C)[C@@H](c2ccc3c(c2)OCO3)C[C@@H]1c1ccc2c(c1)OCO2. The van der Waals surface area contributed by atoms with Gasteiger partial charge in [0.1, 0.15) is 0 Å². The van der Waals surface area contributed by atoms with Crippen molar-refractivity contribution in [2.24, 2.45) is 11.8 Å². The van der Waals surface area contributed by atoms with E-state index in [1.807, 2.05) is 12.1 Å². The van der Waals surface area contributed by atoms with E-state index in [0.29, 0.717) is 37.3 Å². The van der Waals surface area contributed by atoms with Crippen LogP contribution in [0.3, 0.4) is 0 Å². The Labute approximate surface area is 147 Å². The summed E-state index contributed by atoms with van der Waals surface area (Å²) in [5.74, 6) is 5.74. The number of hydrogen-bond donors (Lipinski definition) is 0. The molecule has 2 heterocycles. The molecule has 0 radical (unpaired) electrons. The highest BCUT2D eigenvalue weighted by Crippen LogP contribution is 2.53. The Morgan fingerprint density at radius 3 is 1.56 bits per heavy atom. The van der Waals surface area contributed by atoms with E-state index in [-0.39, 0.29) is 0 Å². The molecule has 5 rings (SSSR count). The number of benzene rings is 2. The van der Waals surface area contributed by atoms with Gasteiger partial charge in [-0.15, -0.1) is 0 Å². The van der Waals surface area contributed by atoms with Crippen LogP contribution in [-0.4, -0.2) is 13.6 Å². The van der Waals surface area contributed by atoms with Gasteiger partial charge in [-0.2, -0.15) is 0 Å². The highest BCUT2D eigenvalue weighted by Gasteiger charge is 2.40. The van der Waals surface area contributed by atoms with E-state index < -0.39 is 0 Å². The molecule has 2 aromatic rings. The lowest BCUT2D eigenvalue weighted by molar-refractivity contribution is 0.173. The second-order valence-corrected chi connectivity index (χ2v) is 7.39. The highest BCUT2D eigenvalue weighted by molar-refractivity contribution is 5.48. The van der Waals surface area contributed by atoms with Gasteiger partial charge in [-0.1, -0.05) is 26.0 Å². The van der Waals surface area contributed by atoms with Crippen LogP contribution in [0.25, 0.3) is 0 Å². The summed E-state index contributed by atoms with van der Waals surface area (Å²) in [6.07, 6.45) is 1.14. The second-order valence-electron chi connectivity index (χ2n) is 7.39. The standard InChI is InChI=1S/C21H22O4/c1-12-13(2)17(15-4-6-19-21(8-15)25-11-23-19)9-16(12)14-3-5-18-20(7-14)24-10-22-18/h3-8,12-13,16-17H,9-11H2,1-2H3/t12-,13+,16-,17-/m0/s1. The quantitative estimate of drug-likeness (QED) is 0.796. The molecule has 0 bridgehead atoms. The highest BCUT2D eigenvalue weighted by atomic mass is 16.7. The summed E-state index contributed by atoms with van der Waals surface area (Å²) in [6.45, 7) is 5.39. The minimum Gasteiger partial charge on any atom is -0.454 e. The summed E-state index contributed by atoms with van der Waals surface area (Å²) in [4.78, 5) is 0. The average molecular weight is 338 g/mol. The molecule has 0 N–H and O–H groups in total. The van der Waals surface area contributed by atoms with Crippen molar-refractivity contribution in [3.05, 3.63) is 47.5 Å². The average Bonchev–Trinajstić information content (AvgIpc) is 3.34. The van der Waals surface area contributed by atoms with Crippen LogP contribution < -0.4 is 18.9 Å². The third kappa shape index (κ3) is 2.35. The van der Waals surface area contributed by atoms with Crippen molar-refractivity contribution in [2.75, 3.05) is 13.6 Å². The number of hydrogen-bond acceptors (Lipinski definition) is 4. The molecule has 0 spiro atoms. The molecule has 0 amide bonds. The van der Waals surface area contributed by atoms with Gasteiger partial charge in [-0.05, 0) is 65.5 Å². The topological polar surface area (TPSA) is 36.9 Å². The van der Waals surface area contributed by atoms with Crippen LogP contribution >= 0.6 is 0 Å². The largest absolute Gasteiger partial charge is 0.454 e. The number of fused-ring (bicyclic) bond motifs is 2. The smallest absolute Gasteiger partial charge is 0.231 e. The Morgan fingerprint density at radius 2 is 1.08 bits per heavy atom. The fourth-order valence-corrected chi connectivity index (χ4v) is 4.60. The molecule has 4 nitrogen and oxygen atoms in total. The van der Waals surface area contributed by atoms with Crippen molar-refractivity contribution in [2.45, 2.75) is 32.1 Å². The van der Waals surface area contributed by atoms with Crippen LogP contribution in [0, 0.1) is 11.8 Å². The van der Waals surface area contributed by atoms with Crippen LogP contribution in [0.5, 0.6) is 23.0 Å². The molecular formula is C21H22O4. The maximum Gasteiger partial charge on any atom is 0.231 e. The van der Waals surface area contributed by atoms with Gasteiger partial charge in [0.25, 0.3) is 0 Å². The Morgan fingerprint density at radius 1 is 0.640 bits per heavy atom. The molecule has 1 fully saturated rings. The maximum absolute atomic E-state index is 5.57. The van der Waals surface area contributed by atoms with E-state index in [1.54, 1.807) is 0 Å². The first-order valence-electron chi connectivity index (χ1n) is 9.00. The lowest BCUT2D eigenvalue weighted by Crippen LogP contribution is -2.09. The van der Waals surface area contributed by atoms with Crippen molar-refractivity contribution in [3.8, 4) is 23.0 Å². The van der Waals surface area contributed by atoms with Crippen LogP contribution in [0.2, 0.25) is 0 Å². The van der Waals surface area contributed by atoms with Crippen molar-refractivity contribution >= 4 is 0 Å². The van der Waals surface area contributed by atoms with Gasteiger partial charge in [-0.25, -0.2) is 0 Å². The molecule has 3 aliphatic rings. The first-order chi connectivity index (χ1) is 12.2. The van der Waals surface area contributed by atoms with Crippen LogP contribution in [0.1, 0.15) is 43.2 Å². The molecule has 130 valence electrons. The third-order valence-corrected chi connectivity index (χ3v) is 6.26. The molecule has 2 aliphatic heterocycles. The van der Waals surface area contributed by atoms with E-state index in [0.717, 1.165) is 29.4 Å². The first kappa shape index (κ1) is 14.9. The molecule has 4 atom stereocenters. The van der Waals surface area contributed by atoms with E-state index in [2.05, 4.69) is 38.1 Å². The third-order valence-electron chi connectivity index (χ3n) is 6.26. The minimum atomic E-state index is 0.329. The van der Waals surface area contributed by atoms with Gasteiger partial charge in [0.2, 0.25) is 13.6 Å². The van der Waals surface area contributed by atoms with Gasteiger partial charge in [0.05, 0.1) is 0 Å². The van der Waals surface area contributed by atoms with Gasteiger partial charge >= 0.3 is 0 Å². The fourth-order valence-electron chi connectivity index (χ4n) is 4.60. The molecule has 0 unspecified atom stereocenters. The summed E-state index contributed by atoms with van der Waals surface area (Å²) in [7, 11) is 0. The van der Waals surface area contributed by atoms with Crippen LogP contribution in [0.15, 0.2) is 36.4 Å². The van der Waals surface area contributed by atoms with E-state index in [9.17, 15) is 0 Å². The van der Waals surface area contributed by atoms with Gasteiger partial charge in [0.15, 0.2) is 23.0 Å². The molecule has 4 heteroatoms. The van der Waals surface area contributed by atoms with Crippen LogP contribution in [0.4, 0.5) is 0 Å². The lowest BCUT2D eigenvalue weighted by atomic mass is 9.85. The molecule has 1 saturated carbocycles. The maximum atomic E-state index is 5.57. The normalized spacial score (nSPS) is 29.2. The molecule has 2 aromatic carbocycles. The predicted octanol–water partition coefficient (Wildman–Crippen LogP) is 4.69. The second kappa shape index (κ2) is 5.58. The van der Waals surface area contributed by atoms with Gasteiger partial charge in [0, 0.05) is 0 Å². The number of ether oxygens (including phenoxy) is 4. The zero-order valence-electron chi connectivity index (χ0n) is 14.5. The summed E-state index contributed by atoms with van der Waals surface area (Å²) in [5, 5.41) is 0. The monoisotopic (exact) mass is 338 g/mol. The Kier molecular flexibility index (Phi) is 3.34. The number of rotatable bonds is 2. The molecule has 0 saturated heterocycles. The zero-order chi connectivity index (χ0) is 17.0. The minimum absolute atomic E-state index is 0.329. The van der Waals surface area contributed by atoms with E-state index >= 15 is 0 Å². The van der Waals surface area contributed by atoms with Crippen molar-refractivity contribution < 1.29 is 18.9 Å². The summed E-state index contributed by atoms with van der Waals surface area (Å²) in [6, 6.07) is 12.8. The molecule has 0 aromatic heterocycles.